The molecule has 0 amide bonds. The van der Waals surface area contributed by atoms with Crippen LogP contribution in [0.5, 0.6) is 0 Å². The van der Waals surface area contributed by atoms with Gasteiger partial charge in [0.15, 0.2) is 0 Å². The van der Waals surface area contributed by atoms with E-state index in [1.807, 2.05) is 0 Å². The van der Waals surface area contributed by atoms with Crippen molar-refractivity contribution in [2.45, 2.75) is 44.8 Å². The van der Waals surface area contributed by atoms with Crippen LogP contribution in [0.25, 0.3) is 0 Å². The largest absolute Gasteiger partial charge is 0.375 e. The molecule has 1 saturated carbocycles. The molecule has 1 aliphatic rings. The molecule has 2 unspecified atom stereocenters. The quantitative estimate of drug-likeness (QED) is 0.551. The van der Waals surface area contributed by atoms with Crippen LogP contribution < -0.4 is 0 Å². The topological polar surface area (TPSA) is 29.1 Å². The second-order valence-electron chi connectivity index (χ2n) is 2.88. The summed E-state index contributed by atoms with van der Waals surface area (Å²) in [5.41, 5.74) is 0. The Bertz CT molecular complexity index is 93.3. The van der Waals surface area contributed by atoms with Crippen LogP contribution in [0.3, 0.4) is 0 Å². The van der Waals surface area contributed by atoms with E-state index >= 15 is 0 Å². The number of ether oxygens (including phenoxy) is 1. The molecule has 0 aromatic carbocycles. The molecule has 2 atom stereocenters. The fourth-order valence-electron chi connectivity index (χ4n) is 1.01. The summed E-state index contributed by atoms with van der Waals surface area (Å²) in [6, 6.07) is 0. The molecule has 0 heterocycles. The first-order chi connectivity index (χ1) is 4.84. The third-order valence-corrected chi connectivity index (χ3v) is 1.98. The zero-order valence-electron chi connectivity index (χ0n) is 6.51. The van der Waals surface area contributed by atoms with Gasteiger partial charge in [0, 0.05) is 6.61 Å². The van der Waals surface area contributed by atoms with Crippen molar-refractivity contribution in [3.8, 4) is 0 Å². The summed E-state index contributed by atoms with van der Waals surface area (Å²) < 4.78 is 5.32. The fraction of sp³-hybridized carbons (Fsp3) is 1.00. The fourth-order valence-corrected chi connectivity index (χ4v) is 1.01. The van der Waals surface area contributed by atoms with Crippen LogP contribution in [0.2, 0.25) is 0 Å². The molecule has 1 rings (SSSR count). The molecule has 0 spiro atoms. The standard InChI is InChI=1S/C8H15O2/c1-2-3-6-10-8-5-4-7(8)9/h7-8H,2-6H2,1H3. The van der Waals surface area contributed by atoms with Crippen LogP contribution in [-0.4, -0.2) is 18.8 Å². The Kier molecular flexibility index (Phi) is 3.16. The molecule has 0 aromatic rings. The van der Waals surface area contributed by atoms with E-state index in [2.05, 4.69) is 6.92 Å². The Hall–Kier alpha value is -0.0800. The van der Waals surface area contributed by atoms with Gasteiger partial charge in [0.25, 0.3) is 0 Å². The number of unbranched alkanes of at least 4 members (excludes halogenated alkanes) is 1. The Balaban J connectivity index is 1.92. The van der Waals surface area contributed by atoms with E-state index in [-0.39, 0.29) is 6.10 Å². The smallest absolute Gasteiger partial charge is 0.119 e. The highest BCUT2D eigenvalue weighted by atomic mass is 16.5. The van der Waals surface area contributed by atoms with Gasteiger partial charge < -0.3 is 4.74 Å². The Morgan fingerprint density at radius 3 is 2.70 bits per heavy atom. The summed E-state index contributed by atoms with van der Waals surface area (Å²) in [6.45, 7) is 2.90. The molecule has 0 aliphatic heterocycles. The number of rotatable bonds is 4. The maximum absolute atomic E-state index is 10.8. The first-order valence-corrected chi connectivity index (χ1v) is 4.12. The van der Waals surface area contributed by atoms with Gasteiger partial charge in [0.1, 0.15) is 6.10 Å². The van der Waals surface area contributed by atoms with Crippen LogP contribution in [0.1, 0.15) is 32.6 Å². The summed E-state index contributed by atoms with van der Waals surface area (Å²) in [4.78, 5) is 0. The first kappa shape index (κ1) is 8.02. The summed E-state index contributed by atoms with van der Waals surface area (Å²) >= 11 is 0. The highest BCUT2D eigenvalue weighted by molar-refractivity contribution is 4.80. The summed E-state index contributed by atoms with van der Waals surface area (Å²) in [5.74, 6) is 0. The first-order valence-electron chi connectivity index (χ1n) is 4.12. The number of hydrogen-bond donors (Lipinski definition) is 0. The van der Waals surface area contributed by atoms with Gasteiger partial charge in [-0.25, -0.2) is 5.11 Å². The molecule has 2 heteroatoms. The SMILES string of the molecule is CCCCOC1CCC1[O]. The van der Waals surface area contributed by atoms with Crippen LogP contribution in [0, 0.1) is 0 Å². The lowest BCUT2D eigenvalue weighted by Crippen LogP contribution is -2.38. The zero-order valence-corrected chi connectivity index (χ0v) is 6.51. The average Bonchev–Trinajstić information content (AvgIpc) is 1.95. The number of hydrogen-bond acceptors (Lipinski definition) is 1. The lowest BCUT2D eigenvalue weighted by molar-refractivity contribution is -0.125. The Morgan fingerprint density at radius 2 is 2.30 bits per heavy atom. The van der Waals surface area contributed by atoms with Crippen molar-refractivity contribution in [1.29, 1.82) is 0 Å². The lowest BCUT2D eigenvalue weighted by atomic mass is 9.92. The molecular weight excluding hydrogens is 128 g/mol. The average molecular weight is 143 g/mol. The monoisotopic (exact) mass is 143 g/mol. The van der Waals surface area contributed by atoms with Gasteiger partial charge in [0.05, 0.1) is 6.10 Å². The van der Waals surface area contributed by atoms with E-state index in [0.717, 1.165) is 32.3 Å². The molecule has 10 heavy (non-hydrogen) atoms. The molecule has 59 valence electrons. The van der Waals surface area contributed by atoms with E-state index in [4.69, 9.17) is 4.74 Å². The van der Waals surface area contributed by atoms with Gasteiger partial charge in [-0.2, -0.15) is 0 Å². The minimum atomic E-state index is -0.420. The van der Waals surface area contributed by atoms with Crippen molar-refractivity contribution in [2.24, 2.45) is 0 Å². The third-order valence-electron chi connectivity index (χ3n) is 1.98. The van der Waals surface area contributed by atoms with E-state index in [1.54, 1.807) is 0 Å². The van der Waals surface area contributed by atoms with Gasteiger partial charge in [0.2, 0.25) is 0 Å². The maximum atomic E-state index is 10.8. The Labute approximate surface area is 62.2 Å². The van der Waals surface area contributed by atoms with Crippen LogP contribution in [0.4, 0.5) is 0 Å². The molecule has 0 aromatic heterocycles. The van der Waals surface area contributed by atoms with Crippen LogP contribution in [-0.2, 0) is 9.84 Å². The van der Waals surface area contributed by atoms with Crippen LogP contribution in [0.15, 0.2) is 0 Å². The predicted octanol–water partition coefficient (Wildman–Crippen LogP) is 1.76. The summed E-state index contributed by atoms with van der Waals surface area (Å²) in [6.07, 6.45) is 3.66. The van der Waals surface area contributed by atoms with Gasteiger partial charge in [-0.3, -0.25) is 0 Å². The van der Waals surface area contributed by atoms with E-state index in [9.17, 15) is 5.11 Å². The maximum Gasteiger partial charge on any atom is 0.119 e. The van der Waals surface area contributed by atoms with Crippen molar-refractivity contribution in [3.05, 3.63) is 0 Å². The van der Waals surface area contributed by atoms with E-state index in [0.29, 0.717) is 0 Å². The molecule has 0 N–H and O–H groups in total. The molecule has 0 saturated heterocycles. The summed E-state index contributed by atoms with van der Waals surface area (Å²) in [5, 5.41) is 10.8. The Morgan fingerprint density at radius 1 is 1.50 bits per heavy atom. The third kappa shape index (κ3) is 1.96. The lowest BCUT2D eigenvalue weighted by Gasteiger charge is -2.30. The minimum Gasteiger partial charge on any atom is -0.375 e. The molecular formula is C8H15O2. The van der Waals surface area contributed by atoms with E-state index in [1.165, 1.54) is 0 Å². The molecule has 1 fully saturated rings. The molecule has 1 radical (unpaired) electrons. The van der Waals surface area contributed by atoms with E-state index < -0.39 is 6.10 Å². The molecule has 2 nitrogen and oxygen atoms in total. The minimum absolute atomic E-state index is 0.0477. The van der Waals surface area contributed by atoms with Crippen molar-refractivity contribution >= 4 is 0 Å². The van der Waals surface area contributed by atoms with Gasteiger partial charge >= 0.3 is 0 Å². The molecule has 1 aliphatic carbocycles. The zero-order chi connectivity index (χ0) is 7.40. The highest BCUT2D eigenvalue weighted by Crippen LogP contribution is 2.23. The van der Waals surface area contributed by atoms with Crippen molar-refractivity contribution in [1.82, 2.24) is 0 Å². The highest BCUT2D eigenvalue weighted by Gasteiger charge is 2.30. The van der Waals surface area contributed by atoms with Crippen molar-refractivity contribution < 1.29 is 9.84 Å². The normalized spacial score (nSPS) is 31.8. The van der Waals surface area contributed by atoms with Gasteiger partial charge in [-0.15, -0.1) is 0 Å². The van der Waals surface area contributed by atoms with Crippen LogP contribution >= 0.6 is 0 Å². The summed E-state index contributed by atoms with van der Waals surface area (Å²) in [7, 11) is 0. The van der Waals surface area contributed by atoms with Crippen molar-refractivity contribution in [2.75, 3.05) is 6.61 Å². The van der Waals surface area contributed by atoms with Gasteiger partial charge in [-0.05, 0) is 19.3 Å². The second-order valence-corrected chi connectivity index (χ2v) is 2.88. The van der Waals surface area contributed by atoms with Gasteiger partial charge in [-0.1, -0.05) is 13.3 Å². The molecule has 0 bridgehead atoms. The van der Waals surface area contributed by atoms with Crippen molar-refractivity contribution in [3.63, 3.8) is 0 Å². The predicted molar refractivity (Wildman–Crippen MR) is 38.4 cm³/mol. The second kappa shape index (κ2) is 3.94.